The van der Waals surface area contributed by atoms with Gasteiger partial charge in [-0.1, -0.05) is 6.92 Å². The second kappa shape index (κ2) is 5.99. The number of nitrogens with zero attached hydrogens (tertiary/aromatic N) is 2. The molecule has 6 heteroatoms. The van der Waals surface area contributed by atoms with Crippen LogP contribution in [0.3, 0.4) is 0 Å². The molecule has 2 aromatic heterocycles. The zero-order valence-electron chi connectivity index (χ0n) is 11.2. The molecule has 2 heterocycles. The lowest BCUT2D eigenvalue weighted by Crippen LogP contribution is -2.28. The number of thiazole rings is 1. The third kappa shape index (κ3) is 3.02. The van der Waals surface area contributed by atoms with Crippen molar-refractivity contribution in [2.75, 3.05) is 12.4 Å². The Kier molecular flexibility index (Phi) is 4.34. The lowest BCUT2D eigenvalue weighted by Gasteiger charge is -2.11. The summed E-state index contributed by atoms with van der Waals surface area (Å²) in [5.41, 5.74) is 1.88. The van der Waals surface area contributed by atoms with Crippen LogP contribution in [0.25, 0.3) is 11.4 Å². The number of aromatic nitrogens is 2. The summed E-state index contributed by atoms with van der Waals surface area (Å²) in [6.07, 6.45) is 2.17. The first-order valence-corrected chi connectivity index (χ1v) is 6.94. The van der Waals surface area contributed by atoms with Gasteiger partial charge in [0.1, 0.15) is 6.10 Å². The van der Waals surface area contributed by atoms with Crippen molar-refractivity contribution in [2.45, 2.75) is 19.4 Å². The summed E-state index contributed by atoms with van der Waals surface area (Å²) in [7, 11) is 3.50. The van der Waals surface area contributed by atoms with E-state index in [1.807, 2.05) is 42.2 Å². The van der Waals surface area contributed by atoms with Gasteiger partial charge in [0, 0.05) is 25.7 Å². The highest BCUT2D eigenvalue weighted by atomic mass is 32.1. The van der Waals surface area contributed by atoms with Crippen molar-refractivity contribution in [1.29, 1.82) is 0 Å². The fraction of sp³-hybridized carbons (Fsp3) is 0.385. The van der Waals surface area contributed by atoms with Crippen LogP contribution in [0.2, 0.25) is 0 Å². The van der Waals surface area contributed by atoms with Crippen molar-refractivity contribution in [2.24, 2.45) is 7.05 Å². The van der Waals surface area contributed by atoms with Crippen LogP contribution in [-0.2, 0) is 16.6 Å². The highest BCUT2D eigenvalue weighted by Gasteiger charge is 2.17. The molecule has 0 saturated carbocycles. The van der Waals surface area contributed by atoms with Gasteiger partial charge >= 0.3 is 0 Å². The number of methoxy groups -OCH3 is 1. The Balaban J connectivity index is 2.10. The molecule has 0 spiro atoms. The molecule has 0 saturated heterocycles. The molecule has 0 fully saturated rings. The van der Waals surface area contributed by atoms with Gasteiger partial charge < -0.3 is 9.30 Å². The Morgan fingerprint density at radius 2 is 2.42 bits per heavy atom. The van der Waals surface area contributed by atoms with Crippen molar-refractivity contribution >= 4 is 22.4 Å². The maximum Gasteiger partial charge on any atom is 0.255 e. The van der Waals surface area contributed by atoms with Crippen LogP contribution >= 0.6 is 11.3 Å². The van der Waals surface area contributed by atoms with Gasteiger partial charge in [0.15, 0.2) is 5.13 Å². The predicted octanol–water partition coefficient (Wildman–Crippen LogP) is 2.51. The maximum absolute atomic E-state index is 11.9. The third-order valence-electron chi connectivity index (χ3n) is 2.89. The van der Waals surface area contributed by atoms with Crippen LogP contribution < -0.4 is 5.32 Å². The van der Waals surface area contributed by atoms with Gasteiger partial charge in [0.25, 0.3) is 5.91 Å². The van der Waals surface area contributed by atoms with Gasteiger partial charge in [-0.05, 0) is 18.6 Å². The van der Waals surface area contributed by atoms with Crippen LogP contribution in [0.1, 0.15) is 13.3 Å². The number of carbonyl (C=O) groups excluding carboxylic acids is 1. The summed E-state index contributed by atoms with van der Waals surface area (Å²) in [5.74, 6) is -0.155. The molecular weight excluding hydrogens is 262 g/mol. The maximum atomic E-state index is 11.9. The molecule has 2 aromatic rings. The van der Waals surface area contributed by atoms with E-state index in [-0.39, 0.29) is 5.91 Å². The Bertz CT molecular complexity index is 558. The number of anilines is 1. The van der Waals surface area contributed by atoms with Crippen molar-refractivity contribution in [3.05, 3.63) is 23.7 Å². The Morgan fingerprint density at radius 1 is 1.63 bits per heavy atom. The second-order valence-corrected chi connectivity index (χ2v) is 5.02. The zero-order chi connectivity index (χ0) is 13.8. The molecule has 2 rings (SSSR count). The van der Waals surface area contributed by atoms with Gasteiger partial charge in [-0.15, -0.1) is 11.3 Å². The molecule has 1 N–H and O–H groups in total. The first-order chi connectivity index (χ1) is 9.15. The number of carbonyl (C=O) groups is 1. The first kappa shape index (κ1) is 13.8. The van der Waals surface area contributed by atoms with Crippen LogP contribution in [0.4, 0.5) is 5.13 Å². The van der Waals surface area contributed by atoms with Gasteiger partial charge in [0.2, 0.25) is 0 Å². The number of ether oxygens (including phenoxy) is 1. The fourth-order valence-electron chi connectivity index (χ4n) is 1.82. The van der Waals surface area contributed by atoms with E-state index in [1.165, 1.54) is 18.4 Å². The van der Waals surface area contributed by atoms with Gasteiger partial charge in [-0.3, -0.25) is 10.1 Å². The molecule has 0 aliphatic heterocycles. The second-order valence-electron chi connectivity index (χ2n) is 4.16. The molecule has 0 radical (unpaired) electrons. The van der Waals surface area contributed by atoms with Crippen molar-refractivity contribution in [1.82, 2.24) is 9.55 Å². The molecule has 0 aliphatic rings. The molecule has 19 heavy (non-hydrogen) atoms. The molecule has 102 valence electrons. The normalized spacial score (nSPS) is 12.4. The van der Waals surface area contributed by atoms with E-state index < -0.39 is 6.10 Å². The Morgan fingerprint density at radius 3 is 3.00 bits per heavy atom. The fourth-order valence-corrected chi connectivity index (χ4v) is 2.53. The van der Waals surface area contributed by atoms with Crippen molar-refractivity contribution in [3.8, 4) is 11.4 Å². The van der Waals surface area contributed by atoms with E-state index in [0.717, 1.165) is 11.4 Å². The van der Waals surface area contributed by atoms with E-state index >= 15 is 0 Å². The smallest absolute Gasteiger partial charge is 0.255 e. The van der Waals surface area contributed by atoms with Gasteiger partial charge in [0.05, 0.1) is 11.4 Å². The Hall–Kier alpha value is -1.66. The van der Waals surface area contributed by atoms with Gasteiger partial charge in [-0.25, -0.2) is 4.98 Å². The minimum atomic E-state index is -0.428. The van der Waals surface area contributed by atoms with Crippen LogP contribution in [0.5, 0.6) is 0 Å². The molecule has 1 amide bonds. The van der Waals surface area contributed by atoms with Gasteiger partial charge in [-0.2, -0.15) is 0 Å². The SMILES string of the molecule is CCC(OC)C(=O)Nc1nc(-c2cccn2C)cs1. The molecule has 5 nitrogen and oxygen atoms in total. The van der Waals surface area contributed by atoms with E-state index in [1.54, 1.807) is 0 Å². The number of hydrogen-bond donors (Lipinski definition) is 1. The monoisotopic (exact) mass is 279 g/mol. The standard InChI is InChI=1S/C13H17N3O2S/c1-4-11(18-3)12(17)15-13-14-9(8-19-13)10-6-5-7-16(10)2/h5-8,11H,4H2,1-3H3,(H,14,15,17). The number of rotatable bonds is 5. The average molecular weight is 279 g/mol. The lowest BCUT2D eigenvalue weighted by atomic mass is 10.2. The zero-order valence-corrected chi connectivity index (χ0v) is 12.0. The van der Waals surface area contributed by atoms with Crippen LogP contribution in [0.15, 0.2) is 23.7 Å². The Labute approximate surface area is 116 Å². The van der Waals surface area contributed by atoms with E-state index in [0.29, 0.717) is 11.6 Å². The quantitative estimate of drug-likeness (QED) is 0.915. The topological polar surface area (TPSA) is 56.1 Å². The minimum Gasteiger partial charge on any atom is -0.372 e. The molecule has 1 atom stereocenters. The largest absolute Gasteiger partial charge is 0.372 e. The molecule has 0 aliphatic carbocycles. The summed E-state index contributed by atoms with van der Waals surface area (Å²) >= 11 is 1.41. The third-order valence-corrected chi connectivity index (χ3v) is 3.65. The highest BCUT2D eigenvalue weighted by Crippen LogP contribution is 2.25. The van der Waals surface area contributed by atoms with E-state index in [2.05, 4.69) is 10.3 Å². The number of nitrogens with one attached hydrogen (secondary N) is 1. The number of hydrogen-bond acceptors (Lipinski definition) is 4. The van der Waals surface area contributed by atoms with Crippen molar-refractivity contribution in [3.63, 3.8) is 0 Å². The summed E-state index contributed by atoms with van der Waals surface area (Å²) in [6.45, 7) is 1.91. The molecule has 1 unspecified atom stereocenters. The predicted molar refractivity (Wildman–Crippen MR) is 76.2 cm³/mol. The van der Waals surface area contributed by atoms with Crippen LogP contribution in [0, 0.1) is 0 Å². The van der Waals surface area contributed by atoms with Crippen LogP contribution in [-0.4, -0.2) is 28.7 Å². The first-order valence-electron chi connectivity index (χ1n) is 6.06. The molecular formula is C13H17N3O2S. The summed E-state index contributed by atoms with van der Waals surface area (Å²) < 4.78 is 7.08. The summed E-state index contributed by atoms with van der Waals surface area (Å²) in [6, 6.07) is 3.95. The van der Waals surface area contributed by atoms with Crippen molar-refractivity contribution < 1.29 is 9.53 Å². The summed E-state index contributed by atoms with van der Waals surface area (Å²) in [5, 5.41) is 5.30. The summed E-state index contributed by atoms with van der Waals surface area (Å²) in [4.78, 5) is 16.3. The molecule has 0 aromatic carbocycles. The highest BCUT2D eigenvalue weighted by molar-refractivity contribution is 7.14. The molecule has 0 bridgehead atoms. The minimum absolute atomic E-state index is 0.155. The van der Waals surface area contributed by atoms with E-state index in [4.69, 9.17) is 4.74 Å². The van der Waals surface area contributed by atoms with E-state index in [9.17, 15) is 4.79 Å². The number of aryl methyl sites for hydroxylation is 1. The average Bonchev–Trinajstić information content (AvgIpc) is 2.99. The number of amides is 1. The lowest BCUT2D eigenvalue weighted by molar-refractivity contribution is -0.125.